The molecule has 1 aliphatic heterocycles. The van der Waals surface area contributed by atoms with Crippen molar-refractivity contribution >= 4 is 0 Å². The van der Waals surface area contributed by atoms with Crippen molar-refractivity contribution in [2.75, 3.05) is 6.54 Å². The van der Waals surface area contributed by atoms with Gasteiger partial charge in [-0.05, 0) is 48.4 Å². The molecule has 0 fully saturated rings. The Morgan fingerprint density at radius 2 is 2.04 bits per heavy atom. The second-order valence-electron chi connectivity index (χ2n) is 6.71. The number of aromatic amines is 1. The van der Waals surface area contributed by atoms with Gasteiger partial charge in [-0.15, -0.1) is 0 Å². The quantitative estimate of drug-likeness (QED) is 0.710. The summed E-state index contributed by atoms with van der Waals surface area (Å²) in [5.41, 5.74) is 5.19. The van der Waals surface area contributed by atoms with Gasteiger partial charge < -0.3 is 4.74 Å². The molecule has 2 heterocycles. The first kappa shape index (κ1) is 16.8. The van der Waals surface area contributed by atoms with Gasteiger partial charge in [0.15, 0.2) is 0 Å². The summed E-state index contributed by atoms with van der Waals surface area (Å²) in [5.74, 6) is 0.590. The van der Waals surface area contributed by atoms with E-state index >= 15 is 0 Å². The Balaban J connectivity index is 1.46. The first-order valence-corrected chi connectivity index (χ1v) is 8.98. The molecule has 4 rings (SSSR count). The van der Waals surface area contributed by atoms with E-state index in [9.17, 15) is 4.39 Å². The smallest absolute Gasteiger partial charge is 0.123 e. The van der Waals surface area contributed by atoms with Crippen LogP contribution in [-0.2, 0) is 19.7 Å². The van der Waals surface area contributed by atoms with Crippen LogP contribution in [0.4, 0.5) is 4.39 Å². The van der Waals surface area contributed by atoms with E-state index in [2.05, 4.69) is 34.2 Å². The second kappa shape index (κ2) is 7.30. The van der Waals surface area contributed by atoms with Crippen LogP contribution in [0, 0.1) is 5.82 Å². The fraction of sp³-hybridized carbons (Fsp3) is 0.286. The van der Waals surface area contributed by atoms with Crippen molar-refractivity contribution in [1.29, 1.82) is 0 Å². The molecule has 0 unspecified atom stereocenters. The number of H-pyrrole nitrogens is 1. The van der Waals surface area contributed by atoms with Crippen molar-refractivity contribution in [2.24, 2.45) is 0 Å². The Hall–Kier alpha value is -2.66. The largest absolute Gasteiger partial charge is 0.489 e. The van der Waals surface area contributed by atoms with Gasteiger partial charge in [0.1, 0.15) is 18.2 Å². The van der Waals surface area contributed by atoms with Crippen molar-refractivity contribution in [3.63, 3.8) is 0 Å². The number of halogens is 1. The van der Waals surface area contributed by atoms with Crippen molar-refractivity contribution in [1.82, 2.24) is 15.1 Å². The highest BCUT2D eigenvalue weighted by Crippen LogP contribution is 2.28. The number of nitrogens with zero attached hydrogens (tertiary/aromatic N) is 2. The van der Waals surface area contributed by atoms with Gasteiger partial charge in [0.2, 0.25) is 0 Å². The molecule has 2 aromatic carbocycles. The molecular weight excluding hydrogens is 329 g/mol. The molecule has 1 aromatic heterocycles. The third-order valence-corrected chi connectivity index (χ3v) is 4.73. The Morgan fingerprint density at radius 1 is 1.15 bits per heavy atom. The Kier molecular flexibility index (Phi) is 4.71. The molecule has 0 saturated heterocycles. The summed E-state index contributed by atoms with van der Waals surface area (Å²) in [4.78, 5) is 2.45. The SMILES string of the molecule is CCCN1Cc2ccc(OCc3cn[nH]c3-c3cccc(F)c3)cc2C1. The van der Waals surface area contributed by atoms with Crippen LogP contribution in [0.5, 0.6) is 5.75 Å². The van der Waals surface area contributed by atoms with Gasteiger partial charge in [-0.1, -0.05) is 25.1 Å². The summed E-state index contributed by atoms with van der Waals surface area (Å²) in [6.45, 7) is 5.73. The van der Waals surface area contributed by atoms with Gasteiger partial charge in [-0.3, -0.25) is 10.00 Å². The molecule has 0 bridgehead atoms. The minimum absolute atomic E-state index is 0.265. The number of hydrogen-bond donors (Lipinski definition) is 1. The predicted octanol–water partition coefficient (Wildman–Crippen LogP) is 4.52. The summed E-state index contributed by atoms with van der Waals surface area (Å²) >= 11 is 0. The molecular formula is C21H22FN3O. The molecule has 26 heavy (non-hydrogen) atoms. The van der Waals surface area contributed by atoms with E-state index in [1.54, 1.807) is 12.3 Å². The van der Waals surface area contributed by atoms with Crippen LogP contribution in [0.25, 0.3) is 11.3 Å². The number of benzene rings is 2. The minimum Gasteiger partial charge on any atom is -0.489 e. The predicted molar refractivity (Wildman–Crippen MR) is 99.2 cm³/mol. The summed E-state index contributed by atoms with van der Waals surface area (Å²) in [5, 5.41) is 7.04. The van der Waals surface area contributed by atoms with Gasteiger partial charge in [-0.2, -0.15) is 5.10 Å². The number of aromatic nitrogens is 2. The van der Waals surface area contributed by atoms with Crippen molar-refractivity contribution in [3.05, 3.63) is 71.2 Å². The maximum absolute atomic E-state index is 13.5. The molecule has 0 atom stereocenters. The van der Waals surface area contributed by atoms with Crippen LogP contribution in [-0.4, -0.2) is 21.6 Å². The summed E-state index contributed by atoms with van der Waals surface area (Å²) in [7, 11) is 0. The van der Waals surface area contributed by atoms with Crippen LogP contribution in [0.3, 0.4) is 0 Å². The third-order valence-electron chi connectivity index (χ3n) is 4.73. The summed E-state index contributed by atoms with van der Waals surface area (Å²) in [6.07, 6.45) is 2.90. The van der Waals surface area contributed by atoms with Crippen LogP contribution in [0.2, 0.25) is 0 Å². The molecule has 0 spiro atoms. The summed E-state index contributed by atoms with van der Waals surface area (Å²) in [6, 6.07) is 12.8. The van der Waals surface area contributed by atoms with Crippen molar-refractivity contribution in [2.45, 2.75) is 33.0 Å². The van der Waals surface area contributed by atoms with E-state index in [1.165, 1.54) is 29.7 Å². The first-order valence-electron chi connectivity index (χ1n) is 8.98. The van der Waals surface area contributed by atoms with Gasteiger partial charge in [-0.25, -0.2) is 4.39 Å². The minimum atomic E-state index is -0.265. The topological polar surface area (TPSA) is 41.1 Å². The average molecular weight is 351 g/mol. The van der Waals surface area contributed by atoms with E-state index in [4.69, 9.17) is 4.74 Å². The summed E-state index contributed by atoms with van der Waals surface area (Å²) < 4.78 is 19.5. The Morgan fingerprint density at radius 3 is 2.88 bits per heavy atom. The zero-order valence-corrected chi connectivity index (χ0v) is 14.8. The van der Waals surface area contributed by atoms with Gasteiger partial charge >= 0.3 is 0 Å². The highest BCUT2D eigenvalue weighted by atomic mass is 19.1. The van der Waals surface area contributed by atoms with Crippen LogP contribution in [0.1, 0.15) is 30.0 Å². The van der Waals surface area contributed by atoms with Gasteiger partial charge in [0, 0.05) is 24.2 Å². The normalized spacial score (nSPS) is 13.8. The third kappa shape index (κ3) is 3.48. The monoisotopic (exact) mass is 351 g/mol. The van der Waals surface area contributed by atoms with Gasteiger partial charge in [0.25, 0.3) is 0 Å². The molecule has 4 nitrogen and oxygen atoms in total. The lowest BCUT2D eigenvalue weighted by Crippen LogP contribution is -2.16. The lowest BCUT2D eigenvalue weighted by atomic mass is 10.1. The van der Waals surface area contributed by atoms with Gasteiger partial charge in [0.05, 0.1) is 11.9 Å². The number of ether oxygens (including phenoxy) is 1. The lowest BCUT2D eigenvalue weighted by molar-refractivity contribution is 0.284. The standard InChI is InChI=1S/C21H22FN3O/c1-2-8-25-12-16-6-7-20(10-17(16)13-25)26-14-18-11-23-24-21(18)15-4-3-5-19(22)9-15/h3-7,9-11H,2,8,12-14H2,1H3,(H,23,24). The molecule has 0 saturated carbocycles. The number of fused-ring (bicyclic) bond motifs is 1. The maximum Gasteiger partial charge on any atom is 0.123 e. The first-order chi connectivity index (χ1) is 12.7. The average Bonchev–Trinajstić information content (AvgIpc) is 3.26. The maximum atomic E-state index is 13.5. The van der Waals surface area contributed by atoms with Crippen LogP contribution < -0.4 is 4.74 Å². The molecule has 3 aromatic rings. The zero-order valence-electron chi connectivity index (χ0n) is 14.8. The fourth-order valence-corrected chi connectivity index (χ4v) is 3.48. The highest BCUT2D eigenvalue weighted by molar-refractivity contribution is 5.62. The van der Waals surface area contributed by atoms with E-state index in [1.807, 2.05) is 12.1 Å². The fourth-order valence-electron chi connectivity index (χ4n) is 3.48. The number of nitrogens with one attached hydrogen (secondary N) is 1. The number of rotatable bonds is 6. The lowest BCUT2D eigenvalue weighted by Gasteiger charge is -2.12. The molecule has 0 amide bonds. The Labute approximate surface area is 152 Å². The molecule has 134 valence electrons. The van der Waals surface area contributed by atoms with E-state index in [0.29, 0.717) is 6.61 Å². The van der Waals surface area contributed by atoms with Crippen LogP contribution in [0.15, 0.2) is 48.7 Å². The van der Waals surface area contributed by atoms with Crippen molar-refractivity contribution < 1.29 is 9.13 Å². The molecule has 0 aliphatic carbocycles. The highest BCUT2D eigenvalue weighted by Gasteiger charge is 2.18. The van der Waals surface area contributed by atoms with Crippen molar-refractivity contribution in [3.8, 4) is 17.0 Å². The molecule has 1 N–H and O–H groups in total. The molecule has 1 aliphatic rings. The molecule has 0 radical (unpaired) electrons. The number of hydrogen-bond acceptors (Lipinski definition) is 3. The zero-order chi connectivity index (χ0) is 17.9. The van der Waals surface area contributed by atoms with E-state index in [0.717, 1.165) is 42.2 Å². The van der Waals surface area contributed by atoms with E-state index in [-0.39, 0.29) is 5.82 Å². The molecule has 5 heteroatoms. The Bertz CT molecular complexity index is 906. The van der Waals surface area contributed by atoms with E-state index < -0.39 is 0 Å². The van der Waals surface area contributed by atoms with Crippen LogP contribution >= 0.6 is 0 Å². The second-order valence-corrected chi connectivity index (χ2v) is 6.71.